The zero-order chi connectivity index (χ0) is 24.0. The summed E-state index contributed by atoms with van der Waals surface area (Å²) < 4.78 is 27.4. The van der Waals surface area contributed by atoms with Crippen LogP contribution in [0.25, 0.3) is 28.3 Å². The second-order valence-electron chi connectivity index (χ2n) is 7.82. The summed E-state index contributed by atoms with van der Waals surface area (Å²) in [5.41, 5.74) is 8.89. The van der Waals surface area contributed by atoms with Crippen LogP contribution in [0.2, 0.25) is 0 Å². The molecule has 4 aromatic heterocycles. The van der Waals surface area contributed by atoms with Gasteiger partial charge in [0.25, 0.3) is 0 Å². The van der Waals surface area contributed by atoms with E-state index in [0.717, 1.165) is 0 Å². The van der Waals surface area contributed by atoms with Gasteiger partial charge in [-0.1, -0.05) is 12.1 Å². The predicted molar refractivity (Wildman–Crippen MR) is 128 cm³/mol. The number of sulfone groups is 1. The van der Waals surface area contributed by atoms with Gasteiger partial charge in [-0.05, 0) is 31.2 Å². The molecule has 12 heteroatoms. The van der Waals surface area contributed by atoms with Crippen LogP contribution in [-0.2, 0) is 16.9 Å². The number of nitrogens with zero attached hydrogens (tertiary/aromatic N) is 7. The molecular formula is C22H21N9O2S. The highest BCUT2D eigenvalue weighted by molar-refractivity contribution is 7.90. The Labute approximate surface area is 195 Å². The molecule has 0 bridgehead atoms. The molecular weight excluding hydrogens is 454 g/mol. The van der Waals surface area contributed by atoms with E-state index in [1.54, 1.807) is 58.6 Å². The van der Waals surface area contributed by atoms with Crippen molar-refractivity contribution in [2.24, 2.45) is 7.05 Å². The predicted octanol–water partition coefficient (Wildman–Crippen LogP) is 2.62. The first-order chi connectivity index (χ1) is 16.2. The molecule has 0 amide bonds. The average Bonchev–Trinajstić information content (AvgIpc) is 3.34. The van der Waals surface area contributed by atoms with Crippen molar-refractivity contribution in [2.45, 2.75) is 11.8 Å². The van der Waals surface area contributed by atoms with Gasteiger partial charge in [0.2, 0.25) is 0 Å². The second-order valence-corrected chi connectivity index (χ2v) is 9.84. The molecule has 5 rings (SSSR count). The summed E-state index contributed by atoms with van der Waals surface area (Å²) in [6.45, 7) is 1.75. The molecule has 0 aliphatic heterocycles. The summed E-state index contributed by atoms with van der Waals surface area (Å²) in [7, 11) is -1.54. The number of anilines is 3. The van der Waals surface area contributed by atoms with Crippen molar-refractivity contribution in [3.63, 3.8) is 0 Å². The number of aryl methyl sites for hydroxylation is 2. The number of nitrogen functional groups attached to an aromatic ring is 1. The second kappa shape index (κ2) is 7.92. The zero-order valence-electron chi connectivity index (χ0n) is 18.6. The van der Waals surface area contributed by atoms with Crippen LogP contribution < -0.4 is 11.1 Å². The Morgan fingerprint density at radius 2 is 1.79 bits per heavy atom. The van der Waals surface area contributed by atoms with Gasteiger partial charge in [-0.15, -0.1) is 0 Å². The van der Waals surface area contributed by atoms with Crippen LogP contribution in [0.1, 0.15) is 5.82 Å². The van der Waals surface area contributed by atoms with Crippen molar-refractivity contribution >= 4 is 32.9 Å². The molecule has 0 saturated heterocycles. The van der Waals surface area contributed by atoms with E-state index in [1.807, 2.05) is 19.3 Å². The van der Waals surface area contributed by atoms with Gasteiger partial charge in [0.05, 0.1) is 16.3 Å². The highest BCUT2D eigenvalue weighted by Crippen LogP contribution is 2.31. The lowest BCUT2D eigenvalue weighted by molar-refractivity contribution is 0.602. The Morgan fingerprint density at radius 1 is 0.971 bits per heavy atom. The summed E-state index contributed by atoms with van der Waals surface area (Å²) in [6, 6.07) is 13.7. The SMILES string of the molecule is Cc1nc(N)cc(-c2c(Nc3ccn(C)n3)nc3ccc(-c4cccc(S(C)(=O)=O)c4)nn23)n1. The minimum atomic E-state index is -3.36. The zero-order valence-corrected chi connectivity index (χ0v) is 19.4. The Balaban J connectivity index is 1.72. The normalized spacial score (nSPS) is 11.7. The van der Waals surface area contributed by atoms with E-state index in [-0.39, 0.29) is 4.90 Å². The van der Waals surface area contributed by atoms with Crippen LogP contribution >= 0.6 is 0 Å². The van der Waals surface area contributed by atoms with Crippen LogP contribution in [0.15, 0.2) is 59.6 Å². The number of rotatable bonds is 5. The van der Waals surface area contributed by atoms with Gasteiger partial charge in [-0.25, -0.2) is 27.9 Å². The number of imidazole rings is 1. The minimum absolute atomic E-state index is 0.217. The molecule has 3 N–H and O–H groups in total. The molecule has 0 radical (unpaired) electrons. The Morgan fingerprint density at radius 3 is 2.50 bits per heavy atom. The maximum Gasteiger partial charge on any atom is 0.175 e. The third-order valence-corrected chi connectivity index (χ3v) is 6.21. The number of nitrogens with two attached hydrogens (primary N) is 1. The van der Waals surface area contributed by atoms with E-state index >= 15 is 0 Å². The maximum absolute atomic E-state index is 12.0. The van der Waals surface area contributed by atoms with Gasteiger partial charge in [0.15, 0.2) is 27.1 Å². The highest BCUT2D eigenvalue weighted by atomic mass is 32.2. The molecule has 4 heterocycles. The number of hydrogen-bond donors (Lipinski definition) is 2. The fourth-order valence-electron chi connectivity index (χ4n) is 3.61. The molecule has 172 valence electrons. The van der Waals surface area contributed by atoms with Gasteiger partial charge in [0, 0.05) is 37.2 Å². The summed E-state index contributed by atoms with van der Waals surface area (Å²) in [6.07, 6.45) is 2.99. The lowest BCUT2D eigenvalue weighted by Gasteiger charge is -2.08. The van der Waals surface area contributed by atoms with Crippen molar-refractivity contribution in [2.75, 3.05) is 17.3 Å². The first kappa shape index (κ1) is 21.5. The highest BCUT2D eigenvalue weighted by Gasteiger charge is 2.20. The first-order valence-electron chi connectivity index (χ1n) is 10.3. The van der Waals surface area contributed by atoms with Crippen molar-refractivity contribution in [3.05, 3.63) is 60.6 Å². The fraction of sp³-hybridized carbons (Fsp3) is 0.136. The molecule has 0 spiro atoms. The van der Waals surface area contributed by atoms with Crippen LogP contribution in [0, 0.1) is 6.92 Å². The third kappa shape index (κ3) is 4.06. The summed E-state index contributed by atoms with van der Waals surface area (Å²) >= 11 is 0. The molecule has 0 fully saturated rings. The molecule has 11 nitrogen and oxygen atoms in total. The van der Waals surface area contributed by atoms with Crippen molar-refractivity contribution in [1.82, 2.24) is 34.3 Å². The minimum Gasteiger partial charge on any atom is -0.384 e. The molecule has 5 aromatic rings. The monoisotopic (exact) mass is 475 g/mol. The molecule has 0 saturated carbocycles. The fourth-order valence-corrected chi connectivity index (χ4v) is 4.27. The molecule has 0 aliphatic rings. The lowest BCUT2D eigenvalue weighted by Crippen LogP contribution is -2.03. The molecule has 0 atom stereocenters. The summed E-state index contributed by atoms with van der Waals surface area (Å²) in [5.74, 6) is 1.92. The van der Waals surface area contributed by atoms with Crippen molar-refractivity contribution < 1.29 is 8.42 Å². The summed E-state index contributed by atoms with van der Waals surface area (Å²) in [4.78, 5) is 13.6. The van der Waals surface area contributed by atoms with Crippen molar-refractivity contribution in [3.8, 4) is 22.6 Å². The number of nitrogens with one attached hydrogen (secondary N) is 1. The third-order valence-electron chi connectivity index (χ3n) is 5.10. The quantitative estimate of drug-likeness (QED) is 0.391. The van der Waals surface area contributed by atoms with Gasteiger partial charge in [-0.2, -0.15) is 10.2 Å². The van der Waals surface area contributed by atoms with Crippen LogP contribution in [-0.4, -0.2) is 49.0 Å². The maximum atomic E-state index is 12.0. The van der Waals surface area contributed by atoms with Gasteiger partial charge < -0.3 is 11.1 Å². The topological polar surface area (TPSA) is 146 Å². The van der Waals surface area contributed by atoms with Gasteiger partial charge in [-0.3, -0.25) is 4.68 Å². The van der Waals surface area contributed by atoms with Crippen LogP contribution in [0.5, 0.6) is 0 Å². The summed E-state index contributed by atoms with van der Waals surface area (Å²) in [5, 5.41) is 12.4. The van der Waals surface area contributed by atoms with Crippen LogP contribution in [0.3, 0.4) is 0 Å². The first-order valence-corrected chi connectivity index (χ1v) is 12.1. The van der Waals surface area contributed by atoms with E-state index in [4.69, 9.17) is 10.8 Å². The van der Waals surface area contributed by atoms with E-state index in [0.29, 0.717) is 51.6 Å². The number of fused-ring (bicyclic) bond motifs is 1. The smallest absolute Gasteiger partial charge is 0.175 e. The van der Waals surface area contributed by atoms with Crippen molar-refractivity contribution in [1.29, 1.82) is 0 Å². The molecule has 1 aromatic carbocycles. The number of aromatic nitrogens is 7. The number of hydrogen-bond acceptors (Lipinski definition) is 9. The molecule has 0 unspecified atom stereocenters. The number of benzene rings is 1. The average molecular weight is 476 g/mol. The largest absolute Gasteiger partial charge is 0.384 e. The van der Waals surface area contributed by atoms with E-state index < -0.39 is 9.84 Å². The molecule has 0 aliphatic carbocycles. The lowest BCUT2D eigenvalue weighted by atomic mass is 10.1. The van der Waals surface area contributed by atoms with Crippen LogP contribution in [0.4, 0.5) is 17.5 Å². The van der Waals surface area contributed by atoms with E-state index in [9.17, 15) is 8.42 Å². The Bertz CT molecular complexity index is 1630. The standard InChI is InChI=1S/C22H21N9O2S/c1-13-24-17(12-18(23)25-13)21-22(26-19-9-10-30(2)29-19)27-20-8-7-16(28-31(20)21)14-5-4-6-15(11-14)34(3,32)33/h4-12H,1-3H3,(H,26,29)(H2,23,24,25). The Kier molecular flexibility index (Phi) is 5.01. The van der Waals surface area contributed by atoms with Gasteiger partial charge >= 0.3 is 0 Å². The van der Waals surface area contributed by atoms with E-state index in [2.05, 4.69) is 25.4 Å². The molecule has 34 heavy (non-hydrogen) atoms. The van der Waals surface area contributed by atoms with E-state index in [1.165, 1.54) is 6.26 Å². The van der Waals surface area contributed by atoms with Gasteiger partial charge in [0.1, 0.15) is 17.3 Å². The Hall–Kier alpha value is -4.32.